The van der Waals surface area contributed by atoms with Crippen LogP contribution in [-0.4, -0.2) is 18.9 Å². The van der Waals surface area contributed by atoms with E-state index in [4.69, 9.17) is 0 Å². The molecule has 0 radical (unpaired) electrons. The second kappa shape index (κ2) is 22.9. The summed E-state index contributed by atoms with van der Waals surface area (Å²) in [4.78, 5) is 0. The first-order valence-electron chi connectivity index (χ1n) is 5.83. The van der Waals surface area contributed by atoms with Crippen molar-refractivity contribution in [2.45, 2.75) is 79.1 Å². The van der Waals surface area contributed by atoms with E-state index in [1.54, 1.807) is 0 Å². The van der Waals surface area contributed by atoms with Crippen molar-refractivity contribution < 1.29 is 0 Å². The summed E-state index contributed by atoms with van der Waals surface area (Å²) < 4.78 is 0. The van der Waals surface area contributed by atoms with E-state index in [0.29, 0.717) is 0 Å². The van der Waals surface area contributed by atoms with Gasteiger partial charge in [-0.1, -0.05) is 79.1 Å². The fourth-order valence-electron chi connectivity index (χ4n) is 1.000. The number of unbranched alkanes of at least 4 members (excludes halogenated alkanes) is 6. The van der Waals surface area contributed by atoms with E-state index < -0.39 is 0 Å². The zero-order chi connectivity index (χ0) is 9.66. The van der Waals surface area contributed by atoms with Gasteiger partial charge in [-0.15, -0.1) is 0 Å². The summed E-state index contributed by atoms with van der Waals surface area (Å²) in [6, 6.07) is 0. The van der Waals surface area contributed by atoms with E-state index in [-0.39, 0.29) is 18.9 Å². The van der Waals surface area contributed by atoms with E-state index in [1.807, 2.05) is 0 Å². The third-order valence-corrected chi connectivity index (χ3v) is 1.91. The third-order valence-electron chi connectivity index (χ3n) is 1.91. The van der Waals surface area contributed by atoms with E-state index in [0.717, 1.165) is 0 Å². The molecule has 0 heterocycles. The molecule has 0 aromatic heterocycles. The first-order chi connectivity index (χ1) is 5.83. The van der Waals surface area contributed by atoms with Crippen molar-refractivity contribution in [3.8, 4) is 0 Å². The van der Waals surface area contributed by atoms with Crippen molar-refractivity contribution in [3.05, 3.63) is 0 Å². The third kappa shape index (κ3) is 32.5. The Balaban J connectivity index is -0.000000143. The Morgan fingerprint density at radius 3 is 0.692 bits per heavy atom. The fourth-order valence-corrected chi connectivity index (χ4v) is 1.000. The van der Waals surface area contributed by atoms with Crippen LogP contribution in [-0.2, 0) is 0 Å². The van der Waals surface area contributed by atoms with Crippen LogP contribution in [0.1, 0.15) is 79.1 Å². The molecule has 0 spiro atoms. The molecule has 0 bridgehead atoms. The van der Waals surface area contributed by atoms with Gasteiger partial charge in [0.2, 0.25) is 0 Å². The molecule has 0 aliphatic carbocycles. The number of hydrogen-bond donors (Lipinski definition) is 0. The summed E-state index contributed by atoms with van der Waals surface area (Å²) in [5, 5.41) is 0. The van der Waals surface area contributed by atoms with Crippen LogP contribution in [0, 0.1) is 0 Å². The van der Waals surface area contributed by atoms with Gasteiger partial charge in [0.1, 0.15) is 0 Å². The van der Waals surface area contributed by atoms with Crippen LogP contribution in [0.15, 0.2) is 0 Å². The minimum absolute atomic E-state index is 0. The van der Waals surface area contributed by atoms with Crippen LogP contribution in [0.3, 0.4) is 0 Å². The molecule has 78 valence electrons. The van der Waals surface area contributed by atoms with Crippen molar-refractivity contribution in [3.63, 3.8) is 0 Å². The van der Waals surface area contributed by atoms with Crippen LogP contribution in [0.25, 0.3) is 0 Å². The Kier molecular flexibility index (Phi) is 33.9. The Hall–Kier alpha value is 0.597. The summed E-state index contributed by atoms with van der Waals surface area (Å²) in [5.41, 5.74) is 0. The zero-order valence-corrected chi connectivity index (χ0v) is 9.66. The molecule has 13 heavy (non-hydrogen) atoms. The molecule has 0 aliphatic heterocycles. The van der Waals surface area contributed by atoms with Gasteiger partial charge in [0.15, 0.2) is 0 Å². The van der Waals surface area contributed by atoms with E-state index in [1.165, 1.54) is 51.4 Å². The van der Waals surface area contributed by atoms with Crippen LogP contribution in [0.5, 0.6) is 0 Å². The van der Waals surface area contributed by atoms with Crippen LogP contribution in [0.4, 0.5) is 0 Å². The first-order valence-corrected chi connectivity index (χ1v) is 5.83. The van der Waals surface area contributed by atoms with Crippen molar-refractivity contribution in [1.82, 2.24) is 0 Å². The molecular formula is C12H29Li. The molecule has 0 N–H and O–H groups in total. The maximum absolute atomic E-state index is 2.23. The zero-order valence-electron chi connectivity index (χ0n) is 9.66. The van der Waals surface area contributed by atoms with Crippen LogP contribution < -0.4 is 0 Å². The van der Waals surface area contributed by atoms with Gasteiger partial charge in [-0.25, -0.2) is 0 Å². The molecule has 0 saturated carbocycles. The molecule has 0 fully saturated rings. The predicted octanol–water partition coefficient (Wildman–Crippen LogP) is 4.52. The molecule has 0 rings (SSSR count). The van der Waals surface area contributed by atoms with Crippen molar-refractivity contribution in [1.29, 1.82) is 0 Å². The van der Waals surface area contributed by atoms with Crippen molar-refractivity contribution >= 4 is 18.9 Å². The number of hydrogen-bond acceptors (Lipinski definition) is 0. The molecule has 1 heteroatoms. The van der Waals surface area contributed by atoms with Gasteiger partial charge >= 0.3 is 18.9 Å². The quantitative estimate of drug-likeness (QED) is 0.416. The van der Waals surface area contributed by atoms with Crippen molar-refractivity contribution in [2.75, 3.05) is 0 Å². The molecule has 0 nitrogen and oxygen atoms in total. The van der Waals surface area contributed by atoms with Gasteiger partial charge in [0.05, 0.1) is 0 Å². The number of rotatable bonds is 6. The average molecular weight is 180 g/mol. The molecular weight excluding hydrogens is 151 g/mol. The van der Waals surface area contributed by atoms with E-state index in [9.17, 15) is 0 Å². The molecule has 0 amide bonds. The summed E-state index contributed by atoms with van der Waals surface area (Å²) in [7, 11) is 0. The SMILES string of the molecule is CCCCCC.CCCCCC.[LiH]. The summed E-state index contributed by atoms with van der Waals surface area (Å²) >= 11 is 0. The Labute approximate surface area is 98.1 Å². The topological polar surface area (TPSA) is 0 Å². The van der Waals surface area contributed by atoms with Gasteiger partial charge in [-0.3, -0.25) is 0 Å². The molecule has 0 saturated heterocycles. The maximum atomic E-state index is 2.23. The first kappa shape index (κ1) is 19.2. The standard InChI is InChI=1S/2C6H14.Li.H/c2*1-3-5-6-4-2;;/h2*3-6H2,1-2H3;;. The molecule has 0 atom stereocenters. The van der Waals surface area contributed by atoms with Gasteiger partial charge in [-0.2, -0.15) is 0 Å². The van der Waals surface area contributed by atoms with Gasteiger partial charge in [-0.05, 0) is 0 Å². The Morgan fingerprint density at radius 2 is 0.615 bits per heavy atom. The fraction of sp³-hybridized carbons (Fsp3) is 1.00. The van der Waals surface area contributed by atoms with Crippen LogP contribution >= 0.6 is 0 Å². The van der Waals surface area contributed by atoms with Crippen LogP contribution in [0.2, 0.25) is 0 Å². The van der Waals surface area contributed by atoms with Crippen molar-refractivity contribution in [2.24, 2.45) is 0 Å². The molecule has 0 unspecified atom stereocenters. The second-order valence-electron chi connectivity index (χ2n) is 3.41. The minimum atomic E-state index is 0. The normalized spacial score (nSPS) is 8.31. The van der Waals surface area contributed by atoms with Gasteiger partial charge < -0.3 is 0 Å². The Bertz CT molecular complexity index is 37.1. The average Bonchev–Trinajstić information content (AvgIpc) is 2.12. The summed E-state index contributed by atoms with van der Waals surface area (Å²) in [5.74, 6) is 0. The Morgan fingerprint density at radius 1 is 0.462 bits per heavy atom. The molecule has 0 aromatic carbocycles. The van der Waals surface area contributed by atoms with Gasteiger partial charge in [0.25, 0.3) is 0 Å². The second-order valence-corrected chi connectivity index (χ2v) is 3.41. The van der Waals surface area contributed by atoms with E-state index >= 15 is 0 Å². The monoisotopic (exact) mass is 180 g/mol. The summed E-state index contributed by atoms with van der Waals surface area (Å²) in [6.07, 6.45) is 11.1. The molecule has 0 aliphatic rings. The van der Waals surface area contributed by atoms with Gasteiger partial charge in [0, 0.05) is 0 Å². The summed E-state index contributed by atoms with van der Waals surface area (Å²) in [6.45, 7) is 8.93. The van der Waals surface area contributed by atoms with E-state index in [2.05, 4.69) is 27.7 Å². The predicted molar refractivity (Wildman–Crippen MR) is 66.8 cm³/mol. The molecule has 0 aromatic rings.